The number of nitrogens with two attached hydrogens (primary N) is 2. The van der Waals surface area contributed by atoms with Gasteiger partial charge in [0, 0.05) is 17.8 Å². The minimum atomic E-state index is -0.588. The summed E-state index contributed by atoms with van der Waals surface area (Å²) >= 11 is 0. The average Bonchev–Trinajstić information content (AvgIpc) is 2.52. The fourth-order valence-corrected chi connectivity index (χ4v) is 2.60. The Balaban J connectivity index is 2.30. The van der Waals surface area contributed by atoms with Crippen molar-refractivity contribution in [2.75, 3.05) is 5.32 Å². The van der Waals surface area contributed by atoms with E-state index in [0.717, 1.165) is 12.0 Å². The van der Waals surface area contributed by atoms with Gasteiger partial charge in [-0.05, 0) is 42.2 Å². The van der Waals surface area contributed by atoms with Crippen LogP contribution in [0, 0.1) is 6.92 Å². The fourth-order valence-electron chi connectivity index (χ4n) is 2.60. The summed E-state index contributed by atoms with van der Waals surface area (Å²) in [7, 11) is 0. The molecule has 2 aromatic carbocycles. The molecule has 5 heteroatoms. The number of hydrogen-bond acceptors (Lipinski definition) is 3. The quantitative estimate of drug-likeness (QED) is 0.763. The molecular formula is C18H21N3O2. The summed E-state index contributed by atoms with van der Waals surface area (Å²) in [6.45, 7) is 4.33. The van der Waals surface area contributed by atoms with Gasteiger partial charge in [0.25, 0.3) is 5.91 Å². The molecule has 2 aromatic rings. The lowest BCUT2D eigenvalue weighted by Crippen LogP contribution is -2.20. The number of hydrogen-bond donors (Lipinski definition) is 3. The van der Waals surface area contributed by atoms with Gasteiger partial charge < -0.3 is 16.8 Å². The first-order valence-electron chi connectivity index (χ1n) is 7.49. The largest absolute Gasteiger partial charge is 0.380 e. The van der Waals surface area contributed by atoms with Gasteiger partial charge in [-0.15, -0.1) is 0 Å². The van der Waals surface area contributed by atoms with Crippen LogP contribution in [-0.2, 0) is 13.0 Å². The first-order chi connectivity index (χ1) is 10.9. The Morgan fingerprint density at radius 1 is 1.04 bits per heavy atom. The van der Waals surface area contributed by atoms with Crippen molar-refractivity contribution in [2.24, 2.45) is 11.5 Å². The molecule has 0 aliphatic rings. The van der Waals surface area contributed by atoms with E-state index in [4.69, 9.17) is 11.5 Å². The van der Waals surface area contributed by atoms with Crippen molar-refractivity contribution in [3.05, 3.63) is 64.2 Å². The standard InChI is InChI=1S/C18H21N3O2/c1-3-12-5-4-6-13(9-12)10-21-15-8-7-14(17(19)22)11(2)16(15)18(20)23/h4-9,21H,3,10H2,1-2H3,(H2,19,22)(H2,20,23). The van der Waals surface area contributed by atoms with Crippen molar-refractivity contribution in [2.45, 2.75) is 26.8 Å². The van der Waals surface area contributed by atoms with Gasteiger partial charge in [-0.2, -0.15) is 0 Å². The summed E-state index contributed by atoms with van der Waals surface area (Å²) in [5.41, 5.74) is 14.8. The third-order valence-corrected chi connectivity index (χ3v) is 3.86. The Bertz CT molecular complexity index is 754. The Labute approximate surface area is 135 Å². The van der Waals surface area contributed by atoms with Gasteiger partial charge in [0.1, 0.15) is 0 Å². The zero-order valence-electron chi connectivity index (χ0n) is 13.3. The van der Waals surface area contributed by atoms with Crippen molar-refractivity contribution in [1.29, 1.82) is 0 Å². The van der Waals surface area contributed by atoms with E-state index in [9.17, 15) is 9.59 Å². The van der Waals surface area contributed by atoms with Crippen LogP contribution in [0.5, 0.6) is 0 Å². The summed E-state index contributed by atoms with van der Waals surface area (Å²) in [6.07, 6.45) is 0.965. The second-order valence-electron chi connectivity index (χ2n) is 5.42. The molecule has 0 radical (unpaired) electrons. The molecular weight excluding hydrogens is 290 g/mol. The number of carbonyl (C=O) groups excluding carboxylic acids is 2. The van der Waals surface area contributed by atoms with E-state index in [2.05, 4.69) is 24.4 Å². The zero-order chi connectivity index (χ0) is 17.0. The SMILES string of the molecule is CCc1cccc(CNc2ccc(C(N)=O)c(C)c2C(N)=O)c1. The third-order valence-electron chi connectivity index (χ3n) is 3.86. The van der Waals surface area contributed by atoms with E-state index in [1.165, 1.54) is 5.56 Å². The molecule has 0 spiro atoms. The van der Waals surface area contributed by atoms with E-state index in [1.54, 1.807) is 19.1 Å². The van der Waals surface area contributed by atoms with Crippen LogP contribution in [0.1, 0.15) is 44.3 Å². The number of benzene rings is 2. The molecule has 0 fully saturated rings. The molecule has 0 heterocycles. The van der Waals surface area contributed by atoms with Gasteiger partial charge >= 0.3 is 0 Å². The Kier molecular flexibility index (Phi) is 5.01. The van der Waals surface area contributed by atoms with E-state index < -0.39 is 11.8 Å². The molecule has 0 saturated carbocycles. The summed E-state index contributed by atoms with van der Waals surface area (Å²) in [5, 5.41) is 3.22. The zero-order valence-corrected chi connectivity index (χ0v) is 13.3. The van der Waals surface area contributed by atoms with Gasteiger partial charge in [0.05, 0.1) is 5.56 Å². The van der Waals surface area contributed by atoms with Crippen molar-refractivity contribution in [3.63, 3.8) is 0 Å². The topological polar surface area (TPSA) is 98.2 Å². The van der Waals surface area contributed by atoms with Crippen LogP contribution < -0.4 is 16.8 Å². The summed E-state index contributed by atoms with van der Waals surface area (Å²) in [4.78, 5) is 23.2. The maximum absolute atomic E-state index is 11.8. The predicted molar refractivity (Wildman–Crippen MR) is 91.4 cm³/mol. The molecule has 5 nitrogen and oxygen atoms in total. The fraction of sp³-hybridized carbons (Fsp3) is 0.222. The van der Waals surface area contributed by atoms with Crippen LogP contribution in [0.15, 0.2) is 36.4 Å². The van der Waals surface area contributed by atoms with Crippen LogP contribution in [0.25, 0.3) is 0 Å². The maximum Gasteiger partial charge on any atom is 0.251 e. The van der Waals surface area contributed by atoms with Crippen molar-refractivity contribution in [1.82, 2.24) is 0 Å². The van der Waals surface area contributed by atoms with E-state index in [0.29, 0.717) is 28.9 Å². The highest BCUT2D eigenvalue weighted by molar-refractivity contribution is 6.04. The van der Waals surface area contributed by atoms with Gasteiger partial charge in [-0.1, -0.05) is 31.2 Å². The highest BCUT2D eigenvalue weighted by Crippen LogP contribution is 2.23. The lowest BCUT2D eigenvalue weighted by molar-refractivity contribution is 0.0999. The highest BCUT2D eigenvalue weighted by atomic mass is 16.1. The number of primary amides is 2. The van der Waals surface area contributed by atoms with Crippen LogP contribution in [0.4, 0.5) is 5.69 Å². The average molecular weight is 311 g/mol. The summed E-state index contributed by atoms with van der Waals surface area (Å²) in [6, 6.07) is 11.5. The minimum Gasteiger partial charge on any atom is -0.380 e. The molecule has 2 rings (SSSR count). The number of rotatable bonds is 6. The van der Waals surface area contributed by atoms with Crippen molar-refractivity contribution >= 4 is 17.5 Å². The van der Waals surface area contributed by atoms with Gasteiger partial charge in [0.15, 0.2) is 0 Å². The molecule has 0 unspecified atom stereocenters. The smallest absolute Gasteiger partial charge is 0.251 e. The number of aryl methyl sites for hydroxylation is 1. The van der Waals surface area contributed by atoms with Crippen LogP contribution in [-0.4, -0.2) is 11.8 Å². The Hall–Kier alpha value is -2.82. The Morgan fingerprint density at radius 2 is 1.74 bits per heavy atom. The summed E-state index contributed by atoms with van der Waals surface area (Å²) < 4.78 is 0. The van der Waals surface area contributed by atoms with E-state index in [1.807, 2.05) is 12.1 Å². The molecule has 0 saturated heterocycles. The predicted octanol–water partition coefficient (Wildman–Crippen LogP) is 2.37. The number of carbonyl (C=O) groups is 2. The molecule has 5 N–H and O–H groups in total. The molecule has 0 aliphatic heterocycles. The van der Waals surface area contributed by atoms with E-state index >= 15 is 0 Å². The van der Waals surface area contributed by atoms with Gasteiger partial charge in [-0.25, -0.2) is 0 Å². The number of anilines is 1. The number of amides is 2. The normalized spacial score (nSPS) is 10.3. The minimum absolute atomic E-state index is 0.299. The van der Waals surface area contributed by atoms with Crippen molar-refractivity contribution < 1.29 is 9.59 Å². The molecule has 0 aliphatic carbocycles. The second kappa shape index (κ2) is 6.96. The van der Waals surface area contributed by atoms with E-state index in [-0.39, 0.29) is 0 Å². The first-order valence-corrected chi connectivity index (χ1v) is 7.49. The monoisotopic (exact) mass is 311 g/mol. The lowest BCUT2D eigenvalue weighted by Gasteiger charge is -2.15. The van der Waals surface area contributed by atoms with Crippen LogP contribution >= 0.6 is 0 Å². The molecule has 0 atom stereocenters. The number of nitrogens with one attached hydrogen (secondary N) is 1. The van der Waals surface area contributed by atoms with Gasteiger partial charge in [-0.3, -0.25) is 9.59 Å². The van der Waals surface area contributed by atoms with Gasteiger partial charge in [0.2, 0.25) is 5.91 Å². The van der Waals surface area contributed by atoms with Crippen LogP contribution in [0.3, 0.4) is 0 Å². The molecule has 120 valence electrons. The molecule has 2 amide bonds. The Morgan fingerprint density at radius 3 is 2.35 bits per heavy atom. The molecule has 23 heavy (non-hydrogen) atoms. The third kappa shape index (κ3) is 3.69. The lowest BCUT2D eigenvalue weighted by atomic mass is 9.99. The first kappa shape index (κ1) is 16.5. The molecule has 0 bridgehead atoms. The summed E-state index contributed by atoms with van der Waals surface area (Å²) in [5.74, 6) is -1.16. The van der Waals surface area contributed by atoms with Crippen LogP contribution in [0.2, 0.25) is 0 Å². The maximum atomic E-state index is 11.8. The highest BCUT2D eigenvalue weighted by Gasteiger charge is 2.17. The second-order valence-corrected chi connectivity index (χ2v) is 5.42. The van der Waals surface area contributed by atoms with Crippen molar-refractivity contribution in [3.8, 4) is 0 Å². The molecule has 0 aromatic heterocycles.